The number of amides is 1. The van der Waals surface area contributed by atoms with E-state index >= 15 is 0 Å². The summed E-state index contributed by atoms with van der Waals surface area (Å²) >= 11 is 1.26. The summed E-state index contributed by atoms with van der Waals surface area (Å²) in [6.45, 7) is 3.11. The Kier molecular flexibility index (Phi) is 8.15. The van der Waals surface area contributed by atoms with Crippen molar-refractivity contribution in [3.8, 4) is 21.7 Å². The number of nitrogens with zero attached hydrogens (tertiary/aromatic N) is 1. The quantitative estimate of drug-likeness (QED) is 0.179. The van der Waals surface area contributed by atoms with Crippen LogP contribution in [0.2, 0.25) is 0 Å². The lowest BCUT2D eigenvalue weighted by atomic mass is 9.96. The number of rotatable bonds is 7. The van der Waals surface area contributed by atoms with Gasteiger partial charge < -0.3 is 5.32 Å². The Morgan fingerprint density at radius 3 is 2.10 bits per heavy atom. The Hall–Kier alpha value is -3.99. The van der Waals surface area contributed by atoms with E-state index in [1.54, 1.807) is 24.3 Å². The number of ketones is 1. The van der Waals surface area contributed by atoms with E-state index in [1.807, 2.05) is 25.1 Å². The minimum atomic E-state index is -4.96. The van der Waals surface area contributed by atoms with Crippen LogP contribution in [0, 0.1) is 6.92 Å². The lowest BCUT2D eigenvalue weighted by molar-refractivity contribution is -0.143. The molecule has 0 saturated carbocycles. The summed E-state index contributed by atoms with van der Waals surface area (Å²) in [5.74, 6) is -0.676. The van der Waals surface area contributed by atoms with Crippen molar-refractivity contribution in [3.05, 3.63) is 99.6 Å². The second-order valence-corrected chi connectivity index (χ2v) is 10.2. The Balaban J connectivity index is 1.62. The maximum absolute atomic E-state index is 13.2. The number of benzene rings is 2. The van der Waals surface area contributed by atoms with E-state index in [0.29, 0.717) is 28.3 Å². The van der Waals surface area contributed by atoms with Gasteiger partial charge in [0.25, 0.3) is 5.91 Å². The third-order valence-electron chi connectivity index (χ3n) is 6.14. The molecule has 0 saturated heterocycles. The molecule has 4 nitrogen and oxygen atoms in total. The van der Waals surface area contributed by atoms with Gasteiger partial charge >= 0.3 is 12.4 Å². The highest BCUT2D eigenvalue weighted by Gasteiger charge is 2.36. The van der Waals surface area contributed by atoms with Crippen LogP contribution in [0.3, 0.4) is 0 Å². The number of aromatic nitrogens is 1. The average molecular weight is 577 g/mol. The number of carbonyl (C=O) groups is 2. The highest BCUT2D eigenvalue weighted by molar-refractivity contribution is 7.17. The molecule has 0 radical (unpaired) electrons. The van der Waals surface area contributed by atoms with Crippen molar-refractivity contribution in [2.24, 2.45) is 0 Å². The number of alkyl halides is 6. The first-order chi connectivity index (χ1) is 18.7. The smallest absolute Gasteiger partial charge is 0.352 e. The number of halogens is 6. The molecule has 208 valence electrons. The molecule has 0 bridgehead atoms. The summed E-state index contributed by atoms with van der Waals surface area (Å²) in [4.78, 5) is 30.6. The van der Waals surface area contributed by atoms with Crippen molar-refractivity contribution in [1.82, 2.24) is 10.3 Å². The van der Waals surface area contributed by atoms with E-state index in [1.165, 1.54) is 24.5 Å². The number of pyridine rings is 1. The van der Waals surface area contributed by atoms with Gasteiger partial charge in [0.1, 0.15) is 0 Å². The third kappa shape index (κ3) is 6.59. The Morgan fingerprint density at radius 2 is 1.52 bits per heavy atom. The van der Waals surface area contributed by atoms with Crippen molar-refractivity contribution in [2.45, 2.75) is 32.6 Å². The van der Waals surface area contributed by atoms with E-state index in [9.17, 15) is 35.9 Å². The van der Waals surface area contributed by atoms with Crippen LogP contribution >= 0.6 is 11.3 Å². The van der Waals surface area contributed by atoms with E-state index in [0.717, 1.165) is 16.0 Å². The first-order valence-electron chi connectivity index (χ1n) is 12.0. The Labute approximate surface area is 229 Å². The minimum Gasteiger partial charge on any atom is -0.352 e. The molecule has 4 aromatic rings. The van der Waals surface area contributed by atoms with Crippen molar-refractivity contribution in [1.29, 1.82) is 0 Å². The predicted molar refractivity (Wildman–Crippen MR) is 140 cm³/mol. The lowest BCUT2D eigenvalue weighted by Gasteiger charge is -2.15. The van der Waals surface area contributed by atoms with Gasteiger partial charge in [0.15, 0.2) is 5.78 Å². The molecule has 11 heteroatoms. The molecule has 40 heavy (non-hydrogen) atoms. The molecule has 0 aliphatic heterocycles. The predicted octanol–water partition coefficient (Wildman–Crippen LogP) is 8.00. The van der Waals surface area contributed by atoms with Gasteiger partial charge in [-0.05, 0) is 78.9 Å². The van der Waals surface area contributed by atoms with Gasteiger partial charge in [-0.15, -0.1) is 11.3 Å². The number of thiophene rings is 1. The number of aryl methyl sites for hydroxylation is 1. The summed E-state index contributed by atoms with van der Waals surface area (Å²) in [5.41, 5.74) is -0.165. The monoisotopic (exact) mass is 576 g/mol. The summed E-state index contributed by atoms with van der Waals surface area (Å²) in [5, 5.41) is 2.59. The standard InChI is InChI=1S/C29H22F6N2O2S/c1-16-5-3-4-6-21(16)22-14-24(26-8-7-25(40-26)17(2)38)37-15-23(22)27(39)36-10-9-18-11-19(28(30,31)32)13-20(12-18)29(33,34)35/h3-8,11-15H,9-10H2,1-2H3,(H,36,39). The van der Waals surface area contributed by atoms with Gasteiger partial charge in [0.2, 0.25) is 0 Å². The van der Waals surface area contributed by atoms with Crippen molar-refractivity contribution in [2.75, 3.05) is 6.54 Å². The van der Waals surface area contributed by atoms with Crippen LogP contribution in [0.25, 0.3) is 21.7 Å². The molecule has 0 fully saturated rings. The molecule has 2 aromatic carbocycles. The first kappa shape index (κ1) is 29.0. The fraction of sp³-hybridized carbons (Fsp3) is 0.207. The van der Waals surface area contributed by atoms with E-state index in [4.69, 9.17) is 0 Å². The van der Waals surface area contributed by atoms with Gasteiger partial charge in [-0.3, -0.25) is 14.6 Å². The maximum Gasteiger partial charge on any atom is 0.416 e. The zero-order valence-corrected chi connectivity index (χ0v) is 22.0. The number of hydrogen-bond acceptors (Lipinski definition) is 4. The lowest BCUT2D eigenvalue weighted by Crippen LogP contribution is -2.26. The fourth-order valence-electron chi connectivity index (χ4n) is 4.11. The summed E-state index contributed by atoms with van der Waals surface area (Å²) in [6, 6.07) is 13.8. The highest BCUT2D eigenvalue weighted by Crippen LogP contribution is 2.37. The van der Waals surface area contributed by atoms with Crippen LogP contribution in [-0.2, 0) is 18.8 Å². The molecular formula is C29H22F6N2O2S. The second kappa shape index (κ2) is 11.2. The molecule has 1 amide bonds. The molecule has 2 aromatic heterocycles. The van der Waals surface area contributed by atoms with Gasteiger partial charge in [0.05, 0.1) is 32.1 Å². The molecule has 0 aliphatic rings. The van der Waals surface area contributed by atoms with Gasteiger partial charge in [0, 0.05) is 12.7 Å². The van der Waals surface area contributed by atoms with Crippen LogP contribution in [0.4, 0.5) is 26.3 Å². The zero-order valence-electron chi connectivity index (χ0n) is 21.2. The summed E-state index contributed by atoms with van der Waals surface area (Å²) in [7, 11) is 0. The van der Waals surface area contributed by atoms with Crippen LogP contribution in [-0.4, -0.2) is 23.2 Å². The molecule has 0 unspecified atom stereocenters. The minimum absolute atomic E-state index is 0.0662. The maximum atomic E-state index is 13.2. The highest BCUT2D eigenvalue weighted by atomic mass is 32.1. The molecular weight excluding hydrogens is 554 g/mol. The Bertz CT molecular complexity index is 1540. The summed E-state index contributed by atoms with van der Waals surface area (Å²) in [6.07, 6.45) is -8.80. The number of carbonyl (C=O) groups excluding carboxylic acids is 2. The van der Waals surface area contributed by atoms with Gasteiger partial charge in [-0.1, -0.05) is 24.3 Å². The fourth-order valence-corrected chi connectivity index (χ4v) is 4.98. The van der Waals surface area contributed by atoms with Gasteiger partial charge in [-0.2, -0.15) is 26.3 Å². The molecule has 2 heterocycles. The van der Waals surface area contributed by atoms with Crippen molar-refractivity contribution in [3.63, 3.8) is 0 Å². The molecule has 1 N–H and O–H groups in total. The topological polar surface area (TPSA) is 59.1 Å². The van der Waals surface area contributed by atoms with Crippen LogP contribution < -0.4 is 5.32 Å². The largest absolute Gasteiger partial charge is 0.416 e. The number of hydrogen-bond donors (Lipinski definition) is 1. The first-order valence-corrected chi connectivity index (χ1v) is 12.8. The van der Waals surface area contributed by atoms with Crippen LogP contribution in [0.1, 0.15) is 49.2 Å². The van der Waals surface area contributed by atoms with Crippen LogP contribution in [0.5, 0.6) is 0 Å². The van der Waals surface area contributed by atoms with E-state index in [-0.39, 0.29) is 35.9 Å². The number of Topliss-reactive ketones (excluding diaryl/α,β-unsaturated/α-hetero) is 1. The molecule has 4 rings (SSSR count). The third-order valence-corrected chi connectivity index (χ3v) is 7.34. The van der Waals surface area contributed by atoms with Crippen LogP contribution in [0.15, 0.2) is 66.9 Å². The van der Waals surface area contributed by atoms with Crippen molar-refractivity contribution < 1.29 is 35.9 Å². The second-order valence-electron chi connectivity index (χ2n) is 9.07. The summed E-state index contributed by atoms with van der Waals surface area (Å²) < 4.78 is 79.1. The van der Waals surface area contributed by atoms with Crippen molar-refractivity contribution >= 4 is 23.0 Å². The molecule has 0 atom stereocenters. The Morgan fingerprint density at radius 1 is 0.875 bits per heavy atom. The molecule has 0 spiro atoms. The van der Waals surface area contributed by atoms with E-state index < -0.39 is 29.4 Å². The average Bonchev–Trinajstić information content (AvgIpc) is 3.38. The normalized spacial score (nSPS) is 11.9. The van der Waals surface area contributed by atoms with Gasteiger partial charge in [-0.25, -0.2) is 0 Å². The zero-order chi connectivity index (χ0) is 29.2. The molecule has 0 aliphatic carbocycles. The van der Waals surface area contributed by atoms with E-state index in [2.05, 4.69) is 10.3 Å². The number of nitrogens with one attached hydrogen (secondary N) is 1. The SMILES string of the molecule is CC(=O)c1ccc(-c2cc(-c3ccccc3C)c(C(=O)NCCc3cc(C(F)(F)F)cc(C(F)(F)F)c3)cn2)s1.